The number of H-pyrrole nitrogens is 1. The molecule has 2 amide bonds. The second-order valence-corrected chi connectivity index (χ2v) is 12.5. The number of carbonyl (C=O) groups is 3. The Hall–Kier alpha value is -4.40. The fourth-order valence-electron chi connectivity index (χ4n) is 5.44. The van der Waals surface area contributed by atoms with Crippen molar-refractivity contribution in [2.45, 2.75) is 110 Å². The predicted molar refractivity (Wildman–Crippen MR) is 189 cm³/mol. The van der Waals surface area contributed by atoms with Gasteiger partial charge in [-0.3, -0.25) is 24.3 Å². The third-order valence-electron chi connectivity index (χ3n) is 8.46. The van der Waals surface area contributed by atoms with Crippen molar-refractivity contribution in [3.05, 3.63) is 88.7 Å². The summed E-state index contributed by atoms with van der Waals surface area (Å²) in [6.07, 6.45) is 21.8. The number of rotatable bonds is 22. The Kier molecular flexibility index (Phi) is 15.7. The van der Waals surface area contributed by atoms with Gasteiger partial charge < -0.3 is 15.7 Å². The maximum absolute atomic E-state index is 13.1. The highest BCUT2D eigenvalue weighted by Crippen LogP contribution is 2.24. The van der Waals surface area contributed by atoms with Gasteiger partial charge in [0.1, 0.15) is 5.82 Å². The summed E-state index contributed by atoms with van der Waals surface area (Å²) >= 11 is 0. The Labute approximate surface area is 278 Å². The highest BCUT2D eigenvalue weighted by molar-refractivity contribution is 6.10. The molecule has 9 heteroatoms. The van der Waals surface area contributed by atoms with Gasteiger partial charge in [-0.2, -0.15) is 0 Å². The number of nitrogens with one attached hydrogen (secondary N) is 3. The van der Waals surface area contributed by atoms with Crippen LogP contribution in [0.2, 0.25) is 0 Å². The monoisotopic (exact) mass is 644 g/mol. The van der Waals surface area contributed by atoms with E-state index in [-0.39, 0.29) is 22.6 Å². The highest BCUT2D eigenvalue weighted by Gasteiger charge is 2.38. The number of hydrogen-bond donors (Lipinski definition) is 4. The van der Waals surface area contributed by atoms with E-state index in [4.69, 9.17) is 0 Å². The molecule has 0 saturated heterocycles. The van der Waals surface area contributed by atoms with Crippen LogP contribution in [0.4, 0.5) is 11.5 Å². The molecule has 0 aliphatic heterocycles. The molecule has 0 radical (unpaired) electrons. The van der Waals surface area contributed by atoms with Crippen LogP contribution in [-0.4, -0.2) is 32.7 Å². The number of aliphatic carboxylic acids is 1. The Morgan fingerprint density at radius 3 is 1.98 bits per heavy atom. The number of anilines is 2. The fraction of sp³-hybridized carbons (Fsp3) is 0.474. The van der Waals surface area contributed by atoms with Crippen molar-refractivity contribution in [2.75, 3.05) is 10.6 Å². The molecule has 1 heterocycles. The maximum Gasteiger partial charge on any atom is 0.322 e. The Bertz CT molecular complexity index is 1490. The SMILES string of the molecule is CCCCCCCCCCCCCCCCC=CC(C)(C(=O)O)C(=O)Nc1cccc(C(=O)Nc2cc(=O)n(-c3ccccc3)[nH]2)c1. The van der Waals surface area contributed by atoms with Crippen molar-refractivity contribution in [1.82, 2.24) is 9.78 Å². The van der Waals surface area contributed by atoms with Crippen molar-refractivity contribution in [3.63, 3.8) is 0 Å². The number of carbonyl (C=O) groups excluding carboxylic acids is 2. The quantitative estimate of drug-likeness (QED) is 0.0493. The average Bonchev–Trinajstić information content (AvgIpc) is 3.44. The van der Waals surface area contributed by atoms with E-state index in [1.165, 1.54) is 107 Å². The van der Waals surface area contributed by atoms with Gasteiger partial charge in [0.2, 0.25) is 5.91 Å². The summed E-state index contributed by atoms with van der Waals surface area (Å²) in [5.74, 6) is -2.26. The highest BCUT2D eigenvalue weighted by atomic mass is 16.4. The Balaban J connectivity index is 1.41. The maximum atomic E-state index is 13.1. The van der Waals surface area contributed by atoms with Gasteiger partial charge in [0.25, 0.3) is 11.5 Å². The zero-order valence-electron chi connectivity index (χ0n) is 28.1. The van der Waals surface area contributed by atoms with Crippen molar-refractivity contribution in [1.29, 1.82) is 0 Å². The van der Waals surface area contributed by atoms with Crippen LogP contribution in [0, 0.1) is 5.41 Å². The summed E-state index contributed by atoms with van der Waals surface area (Å²) in [7, 11) is 0. The summed E-state index contributed by atoms with van der Waals surface area (Å²) < 4.78 is 1.31. The second kappa shape index (κ2) is 20.0. The molecule has 0 aliphatic carbocycles. The van der Waals surface area contributed by atoms with Gasteiger partial charge in [0.05, 0.1) is 5.69 Å². The van der Waals surface area contributed by atoms with Crippen LogP contribution in [0.25, 0.3) is 5.69 Å². The molecule has 1 aromatic heterocycles. The lowest BCUT2D eigenvalue weighted by Crippen LogP contribution is -2.39. The number of aromatic nitrogens is 2. The topological polar surface area (TPSA) is 133 Å². The molecule has 9 nitrogen and oxygen atoms in total. The van der Waals surface area contributed by atoms with Crippen molar-refractivity contribution in [3.8, 4) is 5.69 Å². The van der Waals surface area contributed by atoms with Gasteiger partial charge in [-0.15, -0.1) is 0 Å². The van der Waals surface area contributed by atoms with Gasteiger partial charge in [0.15, 0.2) is 5.41 Å². The third kappa shape index (κ3) is 12.4. The van der Waals surface area contributed by atoms with Gasteiger partial charge in [-0.05, 0) is 50.1 Å². The molecule has 1 unspecified atom stereocenters. The van der Waals surface area contributed by atoms with Crippen molar-refractivity contribution in [2.24, 2.45) is 5.41 Å². The Morgan fingerprint density at radius 2 is 1.38 bits per heavy atom. The number of carboxylic acids is 1. The lowest BCUT2D eigenvalue weighted by molar-refractivity contribution is -0.149. The van der Waals surface area contributed by atoms with Crippen molar-refractivity contribution < 1.29 is 19.5 Å². The standard InChI is InChI=1S/C38H52N4O5/c1-3-4-5-6-7-8-9-10-11-12-13-14-15-16-17-21-27-38(2,37(46)47)36(45)39-31-24-22-23-30(28-31)35(44)40-33-29-34(43)42(41-33)32-25-19-18-20-26-32/h18-29,41H,3-17H2,1-2H3,(H,39,45)(H,40,44)(H,46,47). The van der Waals surface area contributed by atoms with E-state index in [1.54, 1.807) is 48.5 Å². The summed E-state index contributed by atoms with van der Waals surface area (Å²) in [6.45, 7) is 3.62. The van der Waals surface area contributed by atoms with Crippen LogP contribution < -0.4 is 16.2 Å². The molecule has 0 aliphatic rings. The minimum absolute atomic E-state index is 0.209. The fourth-order valence-corrected chi connectivity index (χ4v) is 5.44. The minimum atomic E-state index is -1.77. The molecular formula is C38H52N4O5. The first-order valence-electron chi connectivity index (χ1n) is 17.3. The average molecular weight is 645 g/mol. The van der Waals surface area contributed by atoms with Crippen molar-refractivity contribution >= 4 is 29.3 Å². The largest absolute Gasteiger partial charge is 0.480 e. The summed E-state index contributed by atoms with van der Waals surface area (Å²) in [5, 5.41) is 18.1. The summed E-state index contributed by atoms with van der Waals surface area (Å²) in [5.41, 5.74) is -0.975. The number of allylic oxidation sites excluding steroid dienone is 1. The molecule has 3 aromatic rings. The van der Waals surface area contributed by atoms with Gasteiger partial charge >= 0.3 is 5.97 Å². The van der Waals surface area contributed by atoms with Gasteiger partial charge in [-0.25, -0.2) is 4.68 Å². The lowest BCUT2D eigenvalue weighted by Gasteiger charge is -2.20. The van der Waals surface area contributed by atoms with Crippen LogP contribution in [-0.2, 0) is 9.59 Å². The molecule has 0 fully saturated rings. The van der Waals surface area contributed by atoms with Gasteiger partial charge in [0, 0.05) is 17.3 Å². The summed E-state index contributed by atoms with van der Waals surface area (Å²) in [6, 6.07) is 16.4. The second-order valence-electron chi connectivity index (χ2n) is 12.5. The van der Waals surface area contributed by atoms with Crippen LogP contribution in [0.5, 0.6) is 0 Å². The smallest absolute Gasteiger partial charge is 0.322 e. The zero-order valence-corrected chi connectivity index (χ0v) is 28.1. The Morgan fingerprint density at radius 1 is 0.787 bits per heavy atom. The van der Waals surface area contributed by atoms with E-state index in [0.29, 0.717) is 12.1 Å². The lowest BCUT2D eigenvalue weighted by atomic mass is 9.88. The number of benzene rings is 2. The van der Waals surface area contributed by atoms with E-state index in [0.717, 1.165) is 12.8 Å². The number of carboxylic acid groups (broad SMARTS) is 1. The molecule has 0 bridgehead atoms. The van der Waals surface area contributed by atoms with Crippen LogP contribution in [0.1, 0.15) is 121 Å². The number of unbranched alkanes of at least 4 members (excludes halogenated alkanes) is 14. The number of aromatic amines is 1. The van der Waals surface area contributed by atoms with Gasteiger partial charge in [-0.1, -0.05) is 127 Å². The van der Waals surface area contributed by atoms with Crippen LogP contribution in [0.15, 0.2) is 77.6 Å². The van der Waals surface area contributed by atoms with E-state index in [2.05, 4.69) is 22.7 Å². The first-order valence-corrected chi connectivity index (χ1v) is 17.3. The number of nitrogens with zero attached hydrogens (tertiary/aromatic N) is 1. The predicted octanol–water partition coefficient (Wildman–Crippen LogP) is 8.87. The molecule has 2 aromatic carbocycles. The normalized spacial score (nSPS) is 12.6. The first kappa shape index (κ1) is 37.1. The van der Waals surface area contributed by atoms with E-state index in [9.17, 15) is 24.3 Å². The molecule has 4 N–H and O–H groups in total. The van der Waals surface area contributed by atoms with Crippen LogP contribution >= 0.6 is 0 Å². The number of amides is 2. The molecular weight excluding hydrogens is 592 g/mol. The molecule has 1 atom stereocenters. The van der Waals surface area contributed by atoms with E-state index < -0.39 is 23.2 Å². The molecule has 3 rings (SSSR count). The number of hydrogen-bond acceptors (Lipinski definition) is 4. The minimum Gasteiger partial charge on any atom is -0.480 e. The molecule has 0 spiro atoms. The third-order valence-corrected chi connectivity index (χ3v) is 8.46. The molecule has 47 heavy (non-hydrogen) atoms. The summed E-state index contributed by atoms with van der Waals surface area (Å²) in [4.78, 5) is 50.6. The molecule has 0 saturated carbocycles. The zero-order chi connectivity index (χ0) is 33.9. The number of para-hydroxylation sites is 1. The van der Waals surface area contributed by atoms with E-state index in [1.807, 2.05) is 6.07 Å². The van der Waals surface area contributed by atoms with E-state index >= 15 is 0 Å². The van der Waals surface area contributed by atoms with Crippen LogP contribution in [0.3, 0.4) is 0 Å². The first-order chi connectivity index (χ1) is 22.7. The molecule has 254 valence electrons.